The minimum absolute atomic E-state index is 0.163. The first kappa shape index (κ1) is 14.8. The predicted octanol–water partition coefficient (Wildman–Crippen LogP) is 4.76. The van der Waals surface area contributed by atoms with Crippen molar-refractivity contribution in [3.05, 3.63) is 63.2 Å². The molecule has 0 amide bonds. The zero-order valence-corrected chi connectivity index (χ0v) is 14.1. The van der Waals surface area contributed by atoms with E-state index in [0.29, 0.717) is 24.4 Å². The van der Waals surface area contributed by atoms with Gasteiger partial charge in [-0.25, -0.2) is 9.37 Å². The molecule has 0 saturated carbocycles. The molecule has 0 saturated heterocycles. The average molecular weight is 415 g/mol. The Balaban J connectivity index is 1.94. The summed E-state index contributed by atoms with van der Waals surface area (Å²) in [5, 5.41) is 0. The second-order valence-corrected chi connectivity index (χ2v) is 6.30. The first-order valence-electron chi connectivity index (χ1n) is 6.63. The topological polar surface area (TPSA) is 17.8 Å². The highest BCUT2D eigenvalue weighted by molar-refractivity contribution is 14.1. The average Bonchev–Trinajstić information content (AvgIpc) is 2.83. The van der Waals surface area contributed by atoms with Gasteiger partial charge in [0.15, 0.2) is 0 Å². The second kappa shape index (κ2) is 6.32. The van der Waals surface area contributed by atoms with E-state index in [9.17, 15) is 4.39 Å². The summed E-state index contributed by atoms with van der Waals surface area (Å²) < 4.78 is 16.9. The molecule has 0 bridgehead atoms. The fourth-order valence-corrected chi connectivity index (χ4v) is 3.12. The molecule has 0 radical (unpaired) electrons. The largest absolute Gasteiger partial charge is 0.327 e. The first-order valence-corrected chi connectivity index (χ1v) is 8.24. The van der Waals surface area contributed by atoms with Crippen LogP contribution < -0.4 is 0 Å². The van der Waals surface area contributed by atoms with E-state index in [1.807, 2.05) is 30.3 Å². The summed E-state index contributed by atoms with van der Waals surface area (Å²) in [6.07, 6.45) is 0.619. The normalized spacial score (nSPS) is 11.2. The molecule has 0 fully saturated rings. The number of hydrogen-bond donors (Lipinski definition) is 0. The maximum absolute atomic E-state index is 13.7. The lowest BCUT2D eigenvalue weighted by Gasteiger charge is -2.08. The third-order valence-corrected chi connectivity index (χ3v) is 4.38. The molecule has 3 rings (SSSR count). The molecular weight excluding hydrogens is 402 g/mol. The van der Waals surface area contributed by atoms with E-state index in [1.54, 1.807) is 6.07 Å². The van der Waals surface area contributed by atoms with Crippen LogP contribution in [-0.4, -0.2) is 9.55 Å². The zero-order valence-electron chi connectivity index (χ0n) is 11.2. The van der Waals surface area contributed by atoms with Crippen molar-refractivity contribution >= 4 is 45.2 Å². The van der Waals surface area contributed by atoms with Crippen LogP contribution in [0.25, 0.3) is 11.0 Å². The van der Waals surface area contributed by atoms with Crippen molar-refractivity contribution in [3.63, 3.8) is 0 Å². The summed E-state index contributed by atoms with van der Waals surface area (Å²) in [5.74, 6) is 1.01. The van der Waals surface area contributed by atoms with Gasteiger partial charge in [-0.3, -0.25) is 0 Å². The molecule has 0 aliphatic rings. The van der Waals surface area contributed by atoms with Crippen molar-refractivity contribution in [2.24, 2.45) is 0 Å². The van der Waals surface area contributed by atoms with Crippen LogP contribution in [0.15, 0.2) is 42.5 Å². The van der Waals surface area contributed by atoms with Gasteiger partial charge in [0.2, 0.25) is 0 Å². The number of nitrogens with zero attached hydrogens (tertiary/aromatic N) is 2. The van der Waals surface area contributed by atoms with Crippen LogP contribution in [0.5, 0.6) is 0 Å². The van der Waals surface area contributed by atoms with Crippen molar-refractivity contribution < 1.29 is 4.39 Å². The fourth-order valence-electron chi connectivity index (χ4n) is 2.44. The van der Waals surface area contributed by atoms with E-state index in [4.69, 9.17) is 11.6 Å². The number of aryl methyl sites for hydroxylation is 2. The lowest BCUT2D eigenvalue weighted by atomic mass is 10.1. The number of alkyl halides is 1. The fraction of sp³-hybridized carbons (Fsp3) is 0.188. The molecule has 1 heterocycles. The third-order valence-electron chi connectivity index (χ3n) is 3.47. The van der Waals surface area contributed by atoms with Crippen LogP contribution in [0.4, 0.5) is 4.39 Å². The maximum Gasteiger partial charge on any atom is 0.126 e. The SMILES string of the molecule is Fc1ccccc1CCn1c(CCl)nc2cc(I)ccc21. The molecular formula is C16H13ClFIN2. The van der Waals surface area contributed by atoms with Crippen molar-refractivity contribution in [1.82, 2.24) is 9.55 Å². The van der Waals surface area contributed by atoms with Crippen LogP contribution >= 0.6 is 34.2 Å². The van der Waals surface area contributed by atoms with Gasteiger partial charge in [0.25, 0.3) is 0 Å². The highest BCUT2D eigenvalue weighted by Crippen LogP contribution is 2.21. The number of benzene rings is 2. The summed E-state index contributed by atoms with van der Waals surface area (Å²) in [7, 11) is 0. The van der Waals surface area contributed by atoms with E-state index in [1.165, 1.54) is 6.07 Å². The van der Waals surface area contributed by atoms with E-state index < -0.39 is 0 Å². The molecule has 2 aromatic carbocycles. The molecule has 0 unspecified atom stereocenters. The molecule has 0 spiro atoms. The van der Waals surface area contributed by atoms with E-state index in [-0.39, 0.29) is 5.82 Å². The second-order valence-electron chi connectivity index (χ2n) is 4.79. The van der Waals surface area contributed by atoms with Crippen LogP contribution in [-0.2, 0) is 18.8 Å². The molecule has 0 aliphatic carbocycles. The molecule has 0 aliphatic heterocycles. The van der Waals surface area contributed by atoms with Crippen LogP contribution in [0.3, 0.4) is 0 Å². The predicted molar refractivity (Wildman–Crippen MR) is 92.1 cm³/mol. The van der Waals surface area contributed by atoms with Gasteiger partial charge in [-0.2, -0.15) is 0 Å². The van der Waals surface area contributed by atoms with Crippen LogP contribution in [0.2, 0.25) is 0 Å². The number of aromatic nitrogens is 2. The standard InChI is InChI=1S/C16H13ClFIN2/c17-10-16-20-14-9-12(19)5-6-15(14)21(16)8-7-11-3-1-2-4-13(11)18/h1-6,9H,7-8,10H2. The van der Waals surface area contributed by atoms with Crippen LogP contribution in [0, 0.1) is 9.39 Å². The van der Waals surface area contributed by atoms with Gasteiger partial charge in [-0.1, -0.05) is 18.2 Å². The van der Waals surface area contributed by atoms with Crippen molar-refractivity contribution in [3.8, 4) is 0 Å². The summed E-state index contributed by atoms with van der Waals surface area (Å²) in [4.78, 5) is 4.56. The Bertz CT molecular complexity index is 785. The Morgan fingerprint density at radius 2 is 2.00 bits per heavy atom. The Morgan fingerprint density at radius 1 is 1.19 bits per heavy atom. The first-order chi connectivity index (χ1) is 10.2. The van der Waals surface area contributed by atoms with Gasteiger partial charge in [0.05, 0.1) is 16.9 Å². The van der Waals surface area contributed by atoms with Gasteiger partial charge >= 0.3 is 0 Å². The number of halogens is 3. The summed E-state index contributed by atoms with van der Waals surface area (Å²) >= 11 is 8.26. The molecule has 2 nitrogen and oxygen atoms in total. The number of imidazole rings is 1. The number of rotatable bonds is 4. The van der Waals surface area contributed by atoms with Gasteiger partial charge < -0.3 is 4.57 Å². The molecule has 3 aromatic rings. The van der Waals surface area contributed by atoms with Crippen molar-refractivity contribution in [2.75, 3.05) is 0 Å². The highest BCUT2D eigenvalue weighted by Gasteiger charge is 2.11. The number of fused-ring (bicyclic) bond motifs is 1. The molecule has 0 atom stereocenters. The van der Waals surface area contributed by atoms with Crippen molar-refractivity contribution in [1.29, 1.82) is 0 Å². The minimum atomic E-state index is -0.163. The summed E-state index contributed by atoms with van der Waals surface area (Å²) in [6.45, 7) is 0.667. The van der Waals surface area contributed by atoms with Gasteiger partial charge in [0, 0.05) is 10.1 Å². The van der Waals surface area contributed by atoms with Gasteiger partial charge in [-0.05, 0) is 58.8 Å². The summed E-state index contributed by atoms with van der Waals surface area (Å²) in [6, 6.07) is 13.0. The summed E-state index contributed by atoms with van der Waals surface area (Å²) in [5.41, 5.74) is 2.69. The lowest BCUT2D eigenvalue weighted by Crippen LogP contribution is -2.06. The maximum atomic E-state index is 13.7. The van der Waals surface area contributed by atoms with Crippen LogP contribution in [0.1, 0.15) is 11.4 Å². The van der Waals surface area contributed by atoms with E-state index >= 15 is 0 Å². The number of hydrogen-bond acceptors (Lipinski definition) is 1. The minimum Gasteiger partial charge on any atom is -0.327 e. The molecule has 1 aromatic heterocycles. The monoisotopic (exact) mass is 414 g/mol. The Morgan fingerprint density at radius 3 is 2.76 bits per heavy atom. The lowest BCUT2D eigenvalue weighted by molar-refractivity contribution is 0.593. The van der Waals surface area contributed by atoms with Crippen molar-refractivity contribution in [2.45, 2.75) is 18.8 Å². The van der Waals surface area contributed by atoms with E-state index in [2.05, 4.69) is 32.1 Å². The molecule has 108 valence electrons. The zero-order chi connectivity index (χ0) is 14.8. The Kier molecular flexibility index (Phi) is 4.45. The highest BCUT2D eigenvalue weighted by atomic mass is 127. The quantitative estimate of drug-likeness (QED) is 0.444. The van der Waals surface area contributed by atoms with Gasteiger partial charge in [-0.15, -0.1) is 11.6 Å². The van der Waals surface area contributed by atoms with E-state index in [0.717, 1.165) is 20.4 Å². The third kappa shape index (κ3) is 3.06. The molecule has 5 heteroatoms. The Labute approximate surface area is 141 Å². The molecule has 21 heavy (non-hydrogen) atoms. The smallest absolute Gasteiger partial charge is 0.126 e. The molecule has 0 N–H and O–H groups in total. The van der Waals surface area contributed by atoms with Gasteiger partial charge in [0.1, 0.15) is 11.6 Å². The Hall–Kier alpha value is -1.14.